The molecule has 2 rings (SSSR count). The van der Waals surface area contributed by atoms with Gasteiger partial charge in [0.2, 0.25) is 5.76 Å². The Kier molecular flexibility index (Phi) is 3.21. The Bertz CT molecular complexity index is 616. The highest BCUT2D eigenvalue weighted by Gasteiger charge is 2.17. The SMILES string of the molecule is COc1c(C)cc(-c2cc(C)c(C(=O)O)o2)cc1O. The Balaban J connectivity index is 2.54. The minimum atomic E-state index is -1.11. The van der Waals surface area contributed by atoms with E-state index in [0.29, 0.717) is 22.6 Å². The molecule has 19 heavy (non-hydrogen) atoms. The second-order valence-corrected chi connectivity index (χ2v) is 4.27. The number of phenolic OH excluding ortho intramolecular Hbond substituents is 1. The number of carbonyl (C=O) groups is 1. The van der Waals surface area contributed by atoms with E-state index in [0.717, 1.165) is 5.56 Å². The lowest BCUT2D eigenvalue weighted by atomic mass is 10.1. The van der Waals surface area contributed by atoms with E-state index in [9.17, 15) is 9.90 Å². The van der Waals surface area contributed by atoms with Crippen LogP contribution in [0.2, 0.25) is 0 Å². The van der Waals surface area contributed by atoms with E-state index in [4.69, 9.17) is 14.3 Å². The lowest BCUT2D eigenvalue weighted by Gasteiger charge is -2.08. The van der Waals surface area contributed by atoms with Gasteiger partial charge >= 0.3 is 5.97 Å². The summed E-state index contributed by atoms with van der Waals surface area (Å²) in [6, 6.07) is 4.88. The Labute approximate surface area is 110 Å². The molecule has 1 aromatic carbocycles. The summed E-state index contributed by atoms with van der Waals surface area (Å²) in [7, 11) is 1.47. The number of carboxylic acids is 1. The minimum Gasteiger partial charge on any atom is -0.504 e. The van der Waals surface area contributed by atoms with Crippen LogP contribution in [-0.2, 0) is 0 Å². The molecule has 0 aliphatic rings. The molecule has 0 aliphatic carbocycles. The van der Waals surface area contributed by atoms with Crippen LogP contribution in [0, 0.1) is 13.8 Å². The Hall–Kier alpha value is -2.43. The van der Waals surface area contributed by atoms with E-state index in [1.807, 2.05) is 0 Å². The molecule has 0 unspecified atom stereocenters. The van der Waals surface area contributed by atoms with Gasteiger partial charge in [0.15, 0.2) is 11.5 Å². The van der Waals surface area contributed by atoms with Crippen LogP contribution < -0.4 is 4.74 Å². The van der Waals surface area contributed by atoms with Crippen LogP contribution in [-0.4, -0.2) is 23.3 Å². The van der Waals surface area contributed by atoms with Crippen molar-refractivity contribution in [2.24, 2.45) is 0 Å². The summed E-state index contributed by atoms with van der Waals surface area (Å²) in [6.45, 7) is 3.45. The number of hydrogen-bond acceptors (Lipinski definition) is 4. The molecule has 2 N–H and O–H groups in total. The second-order valence-electron chi connectivity index (χ2n) is 4.27. The van der Waals surface area contributed by atoms with Crippen molar-refractivity contribution in [2.75, 3.05) is 7.11 Å². The van der Waals surface area contributed by atoms with Gasteiger partial charge in [-0.2, -0.15) is 0 Å². The highest BCUT2D eigenvalue weighted by molar-refractivity contribution is 5.87. The third-order valence-electron chi connectivity index (χ3n) is 2.86. The van der Waals surface area contributed by atoms with Crippen LogP contribution in [0.25, 0.3) is 11.3 Å². The first-order chi connectivity index (χ1) is 8.93. The predicted molar refractivity (Wildman–Crippen MR) is 68.8 cm³/mol. The maximum atomic E-state index is 10.9. The first kappa shape index (κ1) is 13.0. The number of furan rings is 1. The smallest absolute Gasteiger partial charge is 0.372 e. The third kappa shape index (κ3) is 2.27. The quantitative estimate of drug-likeness (QED) is 0.888. The van der Waals surface area contributed by atoms with Crippen LogP contribution in [0.5, 0.6) is 11.5 Å². The maximum Gasteiger partial charge on any atom is 0.372 e. The molecule has 1 aromatic heterocycles. The number of methoxy groups -OCH3 is 1. The Morgan fingerprint density at radius 1 is 1.21 bits per heavy atom. The van der Waals surface area contributed by atoms with Gasteiger partial charge in [-0.15, -0.1) is 0 Å². The van der Waals surface area contributed by atoms with Crippen LogP contribution in [0.1, 0.15) is 21.7 Å². The van der Waals surface area contributed by atoms with E-state index < -0.39 is 5.97 Å². The molecule has 0 atom stereocenters. The molecule has 5 heteroatoms. The molecule has 0 aliphatic heterocycles. The average Bonchev–Trinajstić information content (AvgIpc) is 2.71. The molecule has 0 saturated carbocycles. The van der Waals surface area contributed by atoms with Crippen molar-refractivity contribution in [1.29, 1.82) is 0 Å². The zero-order valence-electron chi connectivity index (χ0n) is 10.9. The van der Waals surface area contributed by atoms with Gasteiger partial charge in [-0.3, -0.25) is 0 Å². The van der Waals surface area contributed by atoms with Gasteiger partial charge in [0.1, 0.15) is 5.76 Å². The molecule has 0 spiro atoms. The zero-order chi connectivity index (χ0) is 14.2. The maximum absolute atomic E-state index is 10.9. The zero-order valence-corrected chi connectivity index (χ0v) is 10.9. The Morgan fingerprint density at radius 3 is 2.37 bits per heavy atom. The molecule has 0 bridgehead atoms. The number of hydrogen-bond donors (Lipinski definition) is 2. The first-order valence-electron chi connectivity index (χ1n) is 5.65. The molecule has 2 aromatic rings. The summed E-state index contributed by atoms with van der Waals surface area (Å²) in [5.41, 5.74) is 1.88. The van der Waals surface area contributed by atoms with Gasteiger partial charge < -0.3 is 19.4 Å². The number of benzene rings is 1. The number of aryl methyl sites for hydroxylation is 2. The van der Waals surface area contributed by atoms with Gasteiger partial charge in [-0.1, -0.05) is 0 Å². The van der Waals surface area contributed by atoms with E-state index >= 15 is 0 Å². The standard InChI is InChI=1S/C14H14O5/c1-7-4-9(6-10(15)12(7)18-3)11-5-8(2)13(19-11)14(16)17/h4-6,15H,1-3H3,(H,16,17). The van der Waals surface area contributed by atoms with Gasteiger partial charge in [0.05, 0.1) is 7.11 Å². The third-order valence-corrected chi connectivity index (χ3v) is 2.86. The van der Waals surface area contributed by atoms with Gasteiger partial charge in [-0.25, -0.2) is 4.79 Å². The highest BCUT2D eigenvalue weighted by atomic mass is 16.5. The van der Waals surface area contributed by atoms with E-state index in [2.05, 4.69) is 0 Å². The molecule has 0 radical (unpaired) electrons. The molecule has 100 valence electrons. The van der Waals surface area contributed by atoms with Crippen molar-refractivity contribution in [3.63, 3.8) is 0 Å². The van der Waals surface area contributed by atoms with Crippen molar-refractivity contribution in [3.05, 3.63) is 35.1 Å². The van der Waals surface area contributed by atoms with Crippen LogP contribution in [0.15, 0.2) is 22.6 Å². The first-order valence-corrected chi connectivity index (χ1v) is 5.65. The van der Waals surface area contributed by atoms with Crippen LogP contribution in [0.3, 0.4) is 0 Å². The fraction of sp³-hybridized carbons (Fsp3) is 0.214. The molecule has 0 amide bonds. The van der Waals surface area contributed by atoms with Crippen molar-refractivity contribution < 1.29 is 24.2 Å². The number of carboxylic acid groups (broad SMARTS) is 1. The number of rotatable bonds is 3. The lowest BCUT2D eigenvalue weighted by molar-refractivity contribution is 0.0662. The number of phenols is 1. The summed E-state index contributed by atoms with van der Waals surface area (Å²) >= 11 is 0. The average molecular weight is 262 g/mol. The minimum absolute atomic E-state index is 0.0107. The summed E-state index contributed by atoms with van der Waals surface area (Å²) < 4.78 is 10.4. The van der Waals surface area contributed by atoms with Crippen LogP contribution in [0.4, 0.5) is 0 Å². The monoisotopic (exact) mass is 262 g/mol. The van der Waals surface area contributed by atoms with Gasteiger partial charge in [-0.05, 0) is 37.6 Å². The summed E-state index contributed by atoms with van der Waals surface area (Å²) in [4.78, 5) is 10.9. The topological polar surface area (TPSA) is 79.9 Å². The largest absolute Gasteiger partial charge is 0.504 e. The lowest BCUT2D eigenvalue weighted by Crippen LogP contribution is -1.94. The van der Waals surface area contributed by atoms with Gasteiger partial charge in [0, 0.05) is 11.1 Å². The molecule has 0 saturated heterocycles. The molecular formula is C14H14O5. The Morgan fingerprint density at radius 2 is 1.89 bits per heavy atom. The highest BCUT2D eigenvalue weighted by Crippen LogP contribution is 2.36. The second kappa shape index (κ2) is 4.68. The van der Waals surface area contributed by atoms with Gasteiger partial charge in [0.25, 0.3) is 0 Å². The number of ether oxygens (including phenoxy) is 1. The summed E-state index contributed by atoms with van der Waals surface area (Å²) in [5, 5.41) is 18.8. The summed E-state index contributed by atoms with van der Waals surface area (Å²) in [6.07, 6.45) is 0. The molecule has 5 nitrogen and oxygen atoms in total. The molecular weight excluding hydrogens is 248 g/mol. The van der Waals surface area contributed by atoms with Crippen molar-refractivity contribution in [1.82, 2.24) is 0 Å². The summed E-state index contributed by atoms with van der Waals surface area (Å²) in [5.74, 6) is -0.425. The van der Waals surface area contributed by atoms with Crippen molar-refractivity contribution >= 4 is 5.97 Å². The van der Waals surface area contributed by atoms with Crippen LogP contribution >= 0.6 is 0 Å². The predicted octanol–water partition coefficient (Wildman–Crippen LogP) is 2.98. The van der Waals surface area contributed by atoms with E-state index in [1.54, 1.807) is 26.0 Å². The normalized spacial score (nSPS) is 10.5. The fourth-order valence-corrected chi connectivity index (χ4v) is 2.00. The number of aromatic carboxylic acids is 1. The fourth-order valence-electron chi connectivity index (χ4n) is 2.00. The van der Waals surface area contributed by atoms with Crippen molar-refractivity contribution in [3.8, 4) is 22.8 Å². The molecule has 1 heterocycles. The number of aromatic hydroxyl groups is 1. The molecule has 0 fully saturated rings. The van der Waals surface area contributed by atoms with Crippen molar-refractivity contribution in [2.45, 2.75) is 13.8 Å². The van der Waals surface area contributed by atoms with E-state index in [-0.39, 0.29) is 11.5 Å². The van der Waals surface area contributed by atoms with E-state index in [1.165, 1.54) is 13.2 Å².